The molecule has 0 aliphatic carbocycles. The lowest BCUT2D eigenvalue weighted by molar-refractivity contribution is -0.125. The second-order valence-corrected chi connectivity index (χ2v) is 5.93. The van der Waals surface area contributed by atoms with Crippen molar-refractivity contribution in [1.29, 1.82) is 0 Å². The maximum atomic E-state index is 12.7. The Morgan fingerprint density at radius 1 is 1.12 bits per heavy atom. The molecular weight excluding hydrogens is 320 g/mol. The summed E-state index contributed by atoms with van der Waals surface area (Å²) >= 11 is 0. The summed E-state index contributed by atoms with van der Waals surface area (Å²) in [6, 6.07) is 13.0. The molecule has 1 amide bonds. The number of aromatic nitrogens is 1. The fourth-order valence-corrected chi connectivity index (χ4v) is 2.92. The van der Waals surface area contributed by atoms with Gasteiger partial charge in [-0.2, -0.15) is 0 Å². The van der Waals surface area contributed by atoms with Crippen molar-refractivity contribution in [2.45, 2.75) is 6.54 Å². The van der Waals surface area contributed by atoms with Gasteiger partial charge >= 0.3 is 0 Å². The van der Waals surface area contributed by atoms with E-state index in [1.54, 1.807) is 25.4 Å². The molecule has 1 N–H and O–H groups in total. The number of Topliss-reactive ketones (excluding diaryl/α,β-unsaturated/α-hetero) is 1. The van der Waals surface area contributed by atoms with Crippen LogP contribution in [0.15, 0.2) is 48.7 Å². The van der Waals surface area contributed by atoms with E-state index in [1.165, 1.54) is 4.90 Å². The third-order valence-corrected chi connectivity index (χ3v) is 4.22. The smallest absolute Gasteiger partial charge is 0.295 e. The Balaban J connectivity index is 1.60. The number of nitrogens with zero attached hydrogens (tertiary/aromatic N) is 1. The Hall–Kier alpha value is -3.28. The van der Waals surface area contributed by atoms with Gasteiger partial charge in [-0.25, -0.2) is 0 Å². The monoisotopic (exact) mass is 336 g/mol. The summed E-state index contributed by atoms with van der Waals surface area (Å²) in [4.78, 5) is 29.6. The van der Waals surface area contributed by atoms with Crippen LogP contribution < -0.4 is 9.47 Å². The third kappa shape index (κ3) is 2.71. The van der Waals surface area contributed by atoms with Crippen LogP contribution in [0.25, 0.3) is 10.9 Å². The molecule has 0 fully saturated rings. The minimum absolute atomic E-state index is 0.157. The van der Waals surface area contributed by atoms with E-state index in [4.69, 9.17) is 9.47 Å². The number of fused-ring (bicyclic) bond motifs is 2. The molecule has 1 aliphatic heterocycles. The lowest BCUT2D eigenvalue weighted by Crippen LogP contribution is -2.32. The van der Waals surface area contributed by atoms with Crippen LogP contribution in [0.5, 0.6) is 11.5 Å². The van der Waals surface area contributed by atoms with Crippen molar-refractivity contribution >= 4 is 22.6 Å². The van der Waals surface area contributed by atoms with Crippen LogP contribution in [0.4, 0.5) is 0 Å². The number of carbonyl (C=O) groups is 2. The quantitative estimate of drug-likeness (QED) is 0.587. The minimum Gasteiger partial charge on any atom is -0.454 e. The van der Waals surface area contributed by atoms with Gasteiger partial charge in [0, 0.05) is 31.2 Å². The number of benzene rings is 2. The van der Waals surface area contributed by atoms with Gasteiger partial charge in [-0.1, -0.05) is 30.3 Å². The normalized spacial score (nSPS) is 12.4. The molecule has 1 aliphatic rings. The molecule has 6 heteroatoms. The van der Waals surface area contributed by atoms with Crippen molar-refractivity contribution in [2.75, 3.05) is 13.8 Å². The molecular formula is C19H16N2O4. The van der Waals surface area contributed by atoms with Crippen molar-refractivity contribution in [3.63, 3.8) is 0 Å². The van der Waals surface area contributed by atoms with Crippen LogP contribution in [-0.2, 0) is 11.3 Å². The number of amides is 1. The van der Waals surface area contributed by atoms with Crippen LogP contribution in [0.1, 0.15) is 15.9 Å². The summed E-state index contributed by atoms with van der Waals surface area (Å²) in [5.74, 6) is 0.0954. The fraction of sp³-hybridized carbons (Fsp3) is 0.158. The summed E-state index contributed by atoms with van der Waals surface area (Å²) in [5.41, 5.74) is 2.03. The Kier molecular flexibility index (Phi) is 3.65. The molecule has 0 atom stereocenters. The summed E-state index contributed by atoms with van der Waals surface area (Å²) in [5, 5.41) is 0.649. The van der Waals surface area contributed by atoms with Gasteiger partial charge in [0.1, 0.15) is 0 Å². The van der Waals surface area contributed by atoms with Crippen molar-refractivity contribution in [2.24, 2.45) is 0 Å². The molecule has 4 rings (SSSR count). The molecule has 3 aromatic rings. The molecule has 25 heavy (non-hydrogen) atoms. The number of carbonyl (C=O) groups excluding carboxylic acids is 2. The summed E-state index contributed by atoms with van der Waals surface area (Å²) in [7, 11) is 1.62. The Morgan fingerprint density at radius 3 is 2.60 bits per heavy atom. The van der Waals surface area contributed by atoms with Crippen LogP contribution in [0.2, 0.25) is 0 Å². The Labute approximate surface area is 144 Å². The van der Waals surface area contributed by atoms with E-state index in [-0.39, 0.29) is 6.79 Å². The molecule has 2 aromatic carbocycles. The second kappa shape index (κ2) is 5.98. The number of rotatable bonds is 4. The molecule has 6 nitrogen and oxygen atoms in total. The van der Waals surface area contributed by atoms with Crippen molar-refractivity contribution in [3.05, 3.63) is 59.8 Å². The molecule has 126 valence electrons. The first-order chi connectivity index (χ1) is 12.1. The highest BCUT2D eigenvalue weighted by Crippen LogP contribution is 2.37. The fourth-order valence-electron chi connectivity index (χ4n) is 2.92. The second-order valence-electron chi connectivity index (χ2n) is 5.93. The van der Waals surface area contributed by atoms with Gasteiger partial charge in [0.25, 0.3) is 11.7 Å². The van der Waals surface area contributed by atoms with Gasteiger partial charge in [0.05, 0.1) is 11.1 Å². The topological polar surface area (TPSA) is 71.6 Å². The molecule has 0 bridgehead atoms. The SMILES string of the molecule is CN(Cc1ccccc1)C(=O)C(=O)c1c[nH]c2cc3c(cc12)OCO3. The summed E-state index contributed by atoms with van der Waals surface area (Å²) in [6.45, 7) is 0.532. The minimum atomic E-state index is -0.553. The standard InChI is InChI=1S/C19H16N2O4/c1-21(10-12-5-3-2-4-6-12)19(23)18(22)14-9-20-15-8-17-16(7-13(14)15)24-11-25-17/h2-9,20H,10-11H2,1H3. The van der Waals surface area contributed by atoms with Crippen LogP contribution in [-0.4, -0.2) is 35.4 Å². The number of aromatic amines is 1. The van der Waals surface area contributed by atoms with Crippen molar-refractivity contribution in [3.8, 4) is 11.5 Å². The molecule has 2 heterocycles. The Bertz CT molecular complexity index is 962. The number of nitrogens with one attached hydrogen (secondary N) is 1. The summed E-state index contributed by atoms with van der Waals surface area (Å²) < 4.78 is 10.7. The molecule has 0 saturated carbocycles. The lowest BCUT2D eigenvalue weighted by Gasteiger charge is -2.16. The van der Waals surface area contributed by atoms with Gasteiger partial charge in [-0.05, 0) is 11.6 Å². The zero-order chi connectivity index (χ0) is 17.4. The number of ketones is 1. The molecule has 0 saturated heterocycles. The first kappa shape index (κ1) is 15.3. The lowest BCUT2D eigenvalue weighted by atomic mass is 10.1. The largest absolute Gasteiger partial charge is 0.454 e. The van der Waals surface area contributed by atoms with Crippen LogP contribution >= 0.6 is 0 Å². The van der Waals surface area contributed by atoms with E-state index in [0.29, 0.717) is 29.0 Å². The van der Waals surface area contributed by atoms with Gasteiger partial charge in [0.15, 0.2) is 11.5 Å². The van der Waals surface area contributed by atoms with E-state index in [1.807, 2.05) is 30.3 Å². The van der Waals surface area contributed by atoms with Gasteiger partial charge < -0.3 is 19.4 Å². The maximum Gasteiger partial charge on any atom is 0.295 e. The number of ether oxygens (including phenoxy) is 2. The van der Waals surface area contributed by atoms with Crippen molar-refractivity contribution < 1.29 is 19.1 Å². The van der Waals surface area contributed by atoms with Crippen molar-refractivity contribution in [1.82, 2.24) is 9.88 Å². The average Bonchev–Trinajstić information content (AvgIpc) is 3.25. The first-order valence-electron chi connectivity index (χ1n) is 7.88. The number of H-pyrrole nitrogens is 1. The Morgan fingerprint density at radius 2 is 1.84 bits per heavy atom. The van der Waals surface area contributed by atoms with Gasteiger partial charge in [-0.15, -0.1) is 0 Å². The highest BCUT2D eigenvalue weighted by Gasteiger charge is 2.25. The highest BCUT2D eigenvalue weighted by atomic mass is 16.7. The molecule has 0 spiro atoms. The van der Waals surface area contributed by atoms with Gasteiger partial charge in [0.2, 0.25) is 6.79 Å². The maximum absolute atomic E-state index is 12.7. The zero-order valence-corrected chi connectivity index (χ0v) is 13.6. The molecule has 0 unspecified atom stereocenters. The number of hydrogen-bond acceptors (Lipinski definition) is 4. The van der Waals surface area contributed by atoms with E-state index < -0.39 is 11.7 Å². The van der Waals surface area contributed by atoms with E-state index >= 15 is 0 Å². The third-order valence-electron chi connectivity index (χ3n) is 4.22. The molecule has 0 radical (unpaired) electrons. The van der Waals surface area contributed by atoms with E-state index in [2.05, 4.69) is 4.98 Å². The van der Waals surface area contributed by atoms with Crippen LogP contribution in [0, 0.1) is 0 Å². The summed E-state index contributed by atoms with van der Waals surface area (Å²) in [6.07, 6.45) is 1.55. The first-order valence-corrected chi connectivity index (χ1v) is 7.88. The molecule has 1 aromatic heterocycles. The predicted molar refractivity (Wildman–Crippen MR) is 91.7 cm³/mol. The van der Waals surface area contributed by atoms with Crippen LogP contribution in [0.3, 0.4) is 0 Å². The van der Waals surface area contributed by atoms with E-state index in [0.717, 1.165) is 11.1 Å². The van der Waals surface area contributed by atoms with E-state index in [9.17, 15) is 9.59 Å². The highest BCUT2D eigenvalue weighted by molar-refractivity contribution is 6.44. The zero-order valence-electron chi connectivity index (χ0n) is 13.6. The average molecular weight is 336 g/mol. The predicted octanol–water partition coefficient (Wildman–Crippen LogP) is 2.74. The van der Waals surface area contributed by atoms with Gasteiger partial charge in [-0.3, -0.25) is 9.59 Å². The number of hydrogen-bond donors (Lipinski definition) is 1. The number of likely N-dealkylation sites (N-methyl/N-ethyl adjacent to an activating group) is 1.